The number of carboxylic acids is 1. The summed E-state index contributed by atoms with van der Waals surface area (Å²) in [6, 6.07) is -0.403. The second-order valence-electron chi connectivity index (χ2n) is 3.12. The van der Waals surface area contributed by atoms with Gasteiger partial charge in [-0.1, -0.05) is 0 Å². The summed E-state index contributed by atoms with van der Waals surface area (Å²) in [5.41, 5.74) is 0. The molecule has 0 radical (unpaired) electrons. The fraction of sp³-hybridized carbons (Fsp3) is 0.857. The van der Waals surface area contributed by atoms with Crippen molar-refractivity contribution in [2.24, 2.45) is 0 Å². The van der Waals surface area contributed by atoms with Gasteiger partial charge >= 0.3 is 12.1 Å². The van der Waals surface area contributed by atoms with Crippen molar-refractivity contribution in [3.8, 4) is 0 Å². The van der Waals surface area contributed by atoms with Crippen molar-refractivity contribution in [3.05, 3.63) is 0 Å². The highest BCUT2D eigenvalue weighted by molar-refractivity contribution is 5.73. The van der Waals surface area contributed by atoms with E-state index in [1.165, 1.54) is 0 Å². The molecular weight excluding hydrogens is 241 g/mol. The van der Waals surface area contributed by atoms with Crippen LogP contribution in [-0.4, -0.2) is 47.5 Å². The van der Waals surface area contributed by atoms with Gasteiger partial charge in [0.25, 0.3) is 5.92 Å². The van der Waals surface area contributed by atoms with Crippen molar-refractivity contribution in [1.29, 1.82) is 0 Å². The Morgan fingerprint density at radius 1 is 1.44 bits per heavy atom. The van der Waals surface area contributed by atoms with Crippen LogP contribution >= 0.6 is 0 Å². The molecule has 1 saturated heterocycles. The van der Waals surface area contributed by atoms with Gasteiger partial charge in [-0.05, 0) is 0 Å². The van der Waals surface area contributed by atoms with Gasteiger partial charge in [0.1, 0.15) is 0 Å². The molecule has 0 amide bonds. The van der Waals surface area contributed by atoms with E-state index in [0.29, 0.717) is 0 Å². The second-order valence-corrected chi connectivity index (χ2v) is 3.12. The first-order valence-corrected chi connectivity index (χ1v) is 4.10. The molecule has 0 aromatic carbocycles. The molecule has 0 unspecified atom stereocenters. The fourth-order valence-electron chi connectivity index (χ4n) is 0.928. The number of aliphatic carboxylic acids is 1. The number of carboxylic acid groups (broad SMARTS) is 1. The summed E-state index contributed by atoms with van der Waals surface area (Å²) in [6.45, 7) is -0.492. The predicted octanol–water partition coefficient (Wildman–Crippen LogP) is 0.609. The second kappa shape index (κ2) is 5.39. The van der Waals surface area contributed by atoms with Gasteiger partial charge in [0.15, 0.2) is 0 Å². The van der Waals surface area contributed by atoms with Gasteiger partial charge in [-0.3, -0.25) is 0 Å². The Bertz CT molecular complexity index is 243. The van der Waals surface area contributed by atoms with Crippen LogP contribution in [0.4, 0.5) is 22.0 Å². The average Bonchev–Trinajstić information content (AvgIpc) is 2.45. The lowest BCUT2D eigenvalue weighted by Gasteiger charge is -2.04. The molecule has 0 aliphatic carbocycles. The smallest absolute Gasteiger partial charge is 0.475 e. The lowest BCUT2D eigenvalue weighted by Crippen LogP contribution is -2.25. The molecule has 0 saturated carbocycles. The molecule has 0 spiro atoms. The summed E-state index contributed by atoms with van der Waals surface area (Å²) < 4.78 is 56.2. The Balaban J connectivity index is 0.000000293. The summed E-state index contributed by atoms with van der Waals surface area (Å²) in [5, 5.41) is 18.0. The molecule has 1 atom stereocenters. The summed E-state index contributed by atoms with van der Waals surface area (Å²) >= 11 is 0. The van der Waals surface area contributed by atoms with Gasteiger partial charge < -0.3 is 15.5 Å². The molecule has 1 aliphatic rings. The Kier molecular flexibility index (Phi) is 5.07. The van der Waals surface area contributed by atoms with Crippen molar-refractivity contribution in [2.75, 3.05) is 13.2 Å². The maximum absolute atomic E-state index is 12.2. The molecule has 0 aromatic heterocycles. The van der Waals surface area contributed by atoms with Crippen LogP contribution in [0.1, 0.15) is 6.42 Å². The zero-order chi connectivity index (χ0) is 13.0. The Labute approximate surface area is 87.1 Å². The molecule has 1 heterocycles. The largest absolute Gasteiger partial charge is 0.490 e. The van der Waals surface area contributed by atoms with Crippen LogP contribution in [0.2, 0.25) is 0 Å². The van der Waals surface area contributed by atoms with Crippen molar-refractivity contribution in [1.82, 2.24) is 5.32 Å². The Morgan fingerprint density at radius 3 is 2.00 bits per heavy atom. The van der Waals surface area contributed by atoms with Crippen LogP contribution in [0.15, 0.2) is 0 Å². The van der Waals surface area contributed by atoms with Crippen LogP contribution in [0.5, 0.6) is 0 Å². The molecule has 3 N–H and O–H groups in total. The van der Waals surface area contributed by atoms with Gasteiger partial charge in [-0.15, -0.1) is 0 Å². The molecular formula is C7H10F5NO3. The third-order valence-corrected chi connectivity index (χ3v) is 1.66. The molecule has 16 heavy (non-hydrogen) atoms. The van der Waals surface area contributed by atoms with Crippen LogP contribution < -0.4 is 5.32 Å². The predicted molar refractivity (Wildman–Crippen MR) is 42.1 cm³/mol. The highest BCUT2D eigenvalue weighted by Gasteiger charge is 2.39. The number of hydrogen-bond acceptors (Lipinski definition) is 3. The average molecular weight is 251 g/mol. The van der Waals surface area contributed by atoms with Crippen molar-refractivity contribution in [2.45, 2.75) is 24.6 Å². The minimum Gasteiger partial charge on any atom is -0.475 e. The van der Waals surface area contributed by atoms with E-state index >= 15 is 0 Å². The normalized spacial score (nSPS) is 23.5. The number of carbonyl (C=O) groups is 1. The van der Waals surface area contributed by atoms with E-state index in [2.05, 4.69) is 5.32 Å². The highest BCUT2D eigenvalue weighted by atomic mass is 19.4. The lowest BCUT2D eigenvalue weighted by molar-refractivity contribution is -0.192. The van der Waals surface area contributed by atoms with Crippen molar-refractivity contribution >= 4 is 5.97 Å². The van der Waals surface area contributed by atoms with Crippen molar-refractivity contribution in [3.63, 3.8) is 0 Å². The van der Waals surface area contributed by atoms with Crippen LogP contribution in [0.25, 0.3) is 0 Å². The van der Waals surface area contributed by atoms with E-state index in [0.717, 1.165) is 0 Å². The van der Waals surface area contributed by atoms with E-state index in [4.69, 9.17) is 15.0 Å². The number of halogens is 5. The first-order valence-electron chi connectivity index (χ1n) is 4.10. The summed E-state index contributed by atoms with van der Waals surface area (Å²) in [5.74, 6) is -5.36. The molecule has 9 heteroatoms. The number of hydrogen-bond donors (Lipinski definition) is 3. The van der Waals surface area contributed by atoms with Gasteiger partial charge in [0.05, 0.1) is 13.2 Å². The topological polar surface area (TPSA) is 69.6 Å². The minimum absolute atomic E-state index is 0.199. The highest BCUT2D eigenvalue weighted by Crippen LogP contribution is 2.24. The zero-order valence-corrected chi connectivity index (χ0v) is 7.89. The van der Waals surface area contributed by atoms with E-state index in [-0.39, 0.29) is 19.6 Å². The number of rotatable bonds is 1. The first kappa shape index (κ1) is 15.0. The number of aliphatic hydroxyl groups is 1. The maximum atomic E-state index is 12.2. The van der Waals surface area contributed by atoms with Gasteiger partial charge in [-0.25, -0.2) is 13.6 Å². The van der Waals surface area contributed by atoms with Crippen LogP contribution in [-0.2, 0) is 4.79 Å². The molecule has 0 aromatic rings. The third kappa shape index (κ3) is 5.81. The monoisotopic (exact) mass is 251 g/mol. The lowest BCUT2D eigenvalue weighted by atomic mass is 10.2. The standard InChI is InChI=1S/C5H9F2NO.C2HF3O2/c6-5(7)1-4(2-9)8-3-5;3-2(4,5)1(6)7/h4,8-9H,1-3H2;(H,6,7)/t4-;/m1./s1. The number of nitrogens with one attached hydrogen (secondary N) is 1. The van der Waals surface area contributed by atoms with Crippen LogP contribution in [0, 0.1) is 0 Å². The number of alkyl halides is 5. The minimum atomic E-state index is -5.08. The SMILES string of the molecule is O=C(O)C(F)(F)F.OC[C@H]1CC(F)(F)CN1. The third-order valence-electron chi connectivity index (χ3n) is 1.66. The molecule has 1 aliphatic heterocycles. The molecule has 4 nitrogen and oxygen atoms in total. The van der Waals surface area contributed by atoms with Gasteiger partial charge in [0.2, 0.25) is 0 Å². The van der Waals surface area contributed by atoms with Crippen LogP contribution in [0.3, 0.4) is 0 Å². The first-order chi connectivity index (χ1) is 7.08. The molecule has 1 fully saturated rings. The molecule has 96 valence electrons. The van der Waals surface area contributed by atoms with E-state index in [1.54, 1.807) is 0 Å². The molecule has 1 rings (SSSR count). The fourth-order valence-corrected chi connectivity index (χ4v) is 0.928. The Morgan fingerprint density at radius 2 is 1.88 bits per heavy atom. The number of aliphatic hydroxyl groups excluding tert-OH is 1. The summed E-state index contributed by atoms with van der Waals surface area (Å²) in [4.78, 5) is 8.90. The summed E-state index contributed by atoms with van der Waals surface area (Å²) in [6.07, 6.45) is -5.32. The van der Waals surface area contributed by atoms with E-state index in [1.807, 2.05) is 0 Å². The maximum Gasteiger partial charge on any atom is 0.490 e. The summed E-state index contributed by atoms with van der Waals surface area (Å²) in [7, 11) is 0. The van der Waals surface area contributed by atoms with Gasteiger partial charge in [-0.2, -0.15) is 13.2 Å². The Hall–Kier alpha value is -0.960. The van der Waals surface area contributed by atoms with Gasteiger partial charge in [0, 0.05) is 12.5 Å². The van der Waals surface area contributed by atoms with E-state index < -0.39 is 24.1 Å². The molecule has 0 bridgehead atoms. The zero-order valence-electron chi connectivity index (χ0n) is 7.89. The van der Waals surface area contributed by atoms with E-state index in [9.17, 15) is 22.0 Å². The van der Waals surface area contributed by atoms with Crippen molar-refractivity contribution < 1.29 is 37.0 Å². The quantitative estimate of drug-likeness (QED) is 0.597.